The van der Waals surface area contributed by atoms with Crippen LogP contribution in [-0.2, 0) is 58.8 Å². The average Bonchev–Trinajstić information content (AvgIpc) is 3.81. The van der Waals surface area contributed by atoms with E-state index in [2.05, 4.69) is 93.0 Å². The molecular weight excluding hydrogens is 843 g/mol. The smallest absolute Gasteiger partial charge is 0.571 e. The molecule has 7 aromatic rings. The van der Waals surface area contributed by atoms with Gasteiger partial charge >= 0.3 is 58.8 Å². The van der Waals surface area contributed by atoms with Crippen molar-refractivity contribution in [3.63, 3.8) is 0 Å². The van der Waals surface area contributed by atoms with Gasteiger partial charge in [-0.2, -0.15) is 70.9 Å². The largest absolute Gasteiger partial charge is 1.00 e. The molecule has 0 aliphatic rings. The van der Waals surface area contributed by atoms with Crippen LogP contribution in [0, 0.1) is 0 Å². The maximum Gasteiger partial charge on any atom is 1.00 e. The summed E-state index contributed by atoms with van der Waals surface area (Å²) in [5.41, 5.74) is -1.57. The van der Waals surface area contributed by atoms with E-state index in [0.717, 1.165) is 22.5 Å². The molecule has 0 bridgehead atoms. The molecule has 0 radical (unpaired) electrons. The molecule has 0 amide bonds. The summed E-state index contributed by atoms with van der Waals surface area (Å²) in [6, 6.07) is 30.1. The van der Waals surface area contributed by atoms with Gasteiger partial charge < -0.3 is 10.2 Å². The minimum atomic E-state index is -4.89. The average molecular weight is 864 g/mol. The first-order valence-electron chi connectivity index (χ1n) is 14.7. The summed E-state index contributed by atoms with van der Waals surface area (Å²) < 4.78 is 141. The van der Waals surface area contributed by atoms with Crippen LogP contribution in [0.4, 0.5) is 52.7 Å². The van der Waals surface area contributed by atoms with Gasteiger partial charge in [0.2, 0.25) is 0 Å². The van der Waals surface area contributed by atoms with Crippen LogP contribution in [0.1, 0.15) is 22.5 Å². The molecule has 290 valence electrons. The zero-order chi connectivity index (χ0) is 37.9. The minimum absolute atomic E-state index is 0. The number of hydrogen-bond acceptors (Lipinski definition) is 3. The van der Waals surface area contributed by atoms with Gasteiger partial charge in [-0.1, -0.05) is 83.9 Å². The molecule has 0 aliphatic heterocycles. The van der Waals surface area contributed by atoms with Crippen molar-refractivity contribution in [1.82, 2.24) is 20.2 Å². The molecule has 3 aromatic heterocycles. The standard InChI is InChI=1S/C24H16N2.C7H3F6.C5HF6N2.2Cu/c1-3-7-21-17(5-1)13-15-25-23(21)19-9-11-20(12-10-19)24-22-8-4-2-6-18(22)14-16-26-24;8-6(9,10)4-1-2-5(3-4)7(11,12)13;6-4(7,8)2-1-3(13-12-2)5(9,10)11;;/h1-16H;1-3H;1H;;/q;2*-1;2*+1. The van der Waals surface area contributed by atoms with Crippen molar-refractivity contribution in [1.29, 1.82) is 0 Å². The zero-order valence-corrected chi connectivity index (χ0v) is 28.4. The van der Waals surface area contributed by atoms with Crippen molar-refractivity contribution in [2.75, 3.05) is 0 Å². The van der Waals surface area contributed by atoms with Gasteiger partial charge in [0, 0.05) is 34.3 Å². The second-order valence-electron chi connectivity index (χ2n) is 10.8. The molecule has 4 aromatic carbocycles. The van der Waals surface area contributed by atoms with Gasteiger partial charge in [-0.05, 0) is 34.7 Å². The number of halogens is 12. The van der Waals surface area contributed by atoms with Crippen LogP contribution >= 0.6 is 0 Å². The summed E-state index contributed by atoms with van der Waals surface area (Å²) in [7, 11) is 0. The molecule has 0 aliphatic carbocycles. The summed E-state index contributed by atoms with van der Waals surface area (Å²) in [5.74, 6) is 0. The molecule has 0 saturated carbocycles. The van der Waals surface area contributed by atoms with Crippen molar-refractivity contribution in [3.8, 4) is 22.5 Å². The third kappa shape index (κ3) is 10.7. The Bertz CT molecular complexity index is 2040. The monoisotopic (exact) mass is 862 g/mol. The van der Waals surface area contributed by atoms with Gasteiger partial charge in [0.15, 0.2) is 0 Å². The van der Waals surface area contributed by atoms with E-state index in [0.29, 0.717) is 12.1 Å². The predicted molar refractivity (Wildman–Crippen MR) is 168 cm³/mol. The number of aromatic nitrogens is 4. The number of hydrogen-bond donors (Lipinski definition) is 0. The van der Waals surface area contributed by atoms with Crippen molar-refractivity contribution in [2.45, 2.75) is 24.7 Å². The number of rotatable bonds is 2. The van der Waals surface area contributed by atoms with Crippen LogP contribution in [0.25, 0.3) is 44.1 Å². The zero-order valence-electron chi connectivity index (χ0n) is 26.5. The van der Waals surface area contributed by atoms with Gasteiger partial charge in [0.1, 0.15) is 5.69 Å². The van der Waals surface area contributed by atoms with Crippen LogP contribution in [0.2, 0.25) is 0 Å². The summed E-state index contributed by atoms with van der Waals surface area (Å²) in [5, 5.41) is 9.47. The van der Waals surface area contributed by atoms with Gasteiger partial charge in [-0.15, -0.1) is 0 Å². The maximum absolute atomic E-state index is 11.8. The maximum atomic E-state index is 11.8. The van der Waals surface area contributed by atoms with E-state index in [-0.39, 0.29) is 46.3 Å². The summed E-state index contributed by atoms with van der Waals surface area (Å²) in [4.78, 5) is 9.23. The van der Waals surface area contributed by atoms with E-state index in [9.17, 15) is 52.7 Å². The molecule has 0 unspecified atom stereocenters. The van der Waals surface area contributed by atoms with Gasteiger partial charge in [0.25, 0.3) is 0 Å². The quantitative estimate of drug-likeness (QED) is 0.0987. The SMILES string of the molecule is FC(F)(F)c1c[cH-]c(C(F)(F)F)c1.FC(F)(F)c1cc(C(F)(F)F)[n-]n1.[Cu+].[Cu+].c1ccc2c(-c3ccc(-c4nccc5ccccc45)cc3)nccc2c1. The van der Waals surface area contributed by atoms with E-state index in [1.807, 2.05) is 24.5 Å². The number of fused-ring (bicyclic) bond motifs is 2. The van der Waals surface area contributed by atoms with Crippen molar-refractivity contribution >= 4 is 21.5 Å². The fourth-order valence-electron chi connectivity index (χ4n) is 4.85. The fraction of sp³-hybridized carbons (Fsp3) is 0.111. The fourth-order valence-corrected chi connectivity index (χ4v) is 4.85. The van der Waals surface area contributed by atoms with E-state index in [1.165, 1.54) is 21.5 Å². The van der Waals surface area contributed by atoms with E-state index < -0.39 is 47.2 Å². The predicted octanol–water partition coefficient (Wildman–Crippen LogP) is 11.6. The Morgan fingerprint density at radius 1 is 0.500 bits per heavy atom. The number of pyridine rings is 2. The summed E-state index contributed by atoms with van der Waals surface area (Å²) >= 11 is 0. The second-order valence-corrected chi connectivity index (χ2v) is 10.8. The normalized spacial score (nSPS) is 11.8. The van der Waals surface area contributed by atoms with Crippen LogP contribution in [0.15, 0.2) is 122 Å². The van der Waals surface area contributed by atoms with Crippen LogP contribution in [0.5, 0.6) is 0 Å². The third-order valence-corrected chi connectivity index (χ3v) is 7.31. The molecule has 0 fully saturated rings. The first-order chi connectivity index (χ1) is 24.3. The van der Waals surface area contributed by atoms with Crippen LogP contribution in [-0.4, -0.2) is 15.1 Å². The van der Waals surface area contributed by atoms with Crippen molar-refractivity contribution in [2.24, 2.45) is 0 Å². The molecule has 3 heterocycles. The molecule has 0 atom stereocenters. The van der Waals surface area contributed by atoms with Crippen molar-refractivity contribution in [3.05, 3.63) is 144 Å². The Labute approximate surface area is 318 Å². The molecular formula is C36H20Cu2F12N4. The summed E-state index contributed by atoms with van der Waals surface area (Å²) in [6.45, 7) is 0. The number of benzene rings is 3. The minimum Gasteiger partial charge on any atom is -0.571 e. The van der Waals surface area contributed by atoms with Gasteiger partial charge in [0.05, 0.1) is 11.4 Å². The first kappa shape index (κ1) is 43.6. The Morgan fingerprint density at radius 2 is 0.963 bits per heavy atom. The molecule has 0 spiro atoms. The Balaban J connectivity index is 0.000000239. The first-order valence-corrected chi connectivity index (χ1v) is 14.7. The van der Waals surface area contributed by atoms with Gasteiger partial charge in [-0.3, -0.25) is 9.97 Å². The van der Waals surface area contributed by atoms with E-state index >= 15 is 0 Å². The van der Waals surface area contributed by atoms with E-state index in [1.54, 1.807) is 0 Å². The Kier molecular flexibility index (Phi) is 13.9. The Morgan fingerprint density at radius 3 is 1.30 bits per heavy atom. The van der Waals surface area contributed by atoms with Crippen molar-refractivity contribution < 1.29 is 86.8 Å². The molecule has 7 rings (SSSR count). The second kappa shape index (κ2) is 17.1. The topological polar surface area (TPSA) is 52.8 Å². The van der Waals surface area contributed by atoms with E-state index in [4.69, 9.17) is 0 Å². The number of alkyl halides is 12. The number of nitrogens with zero attached hydrogens (tertiary/aromatic N) is 4. The molecule has 4 nitrogen and oxygen atoms in total. The molecule has 18 heteroatoms. The van der Waals surface area contributed by atoms with Gasteiger partial charge in [-0.25, -0.2) is 0 Å². The summed E-state index contributed by atoms with van der Waals surface area (Å²) in [6.07, 6.45) is -15.5. The van der Waals surface area contributed by atoms with Crippen LogP contribution < -0.4 is 5.10 Å². The molecule has 54 heavy (non-hydrogen) atoms. The molecule has 0 N–H and O–H groups in total. The van der Waals surface area contributed by atoms with Crippen LogP contribution in [0.3, 0.4) is 0 Å². The molecule has 0 saturated heterocycles. The Hall–Kier alpha value is -4.76. The third-order valence-electron chi connectivity index (χ3n) is 7.31.